The molecule has 2 aliphatic carbocycles. The zero-order valence-electron chi connectivity index (χ0n) is 17.7. The van der Waals surface area contributed by atoms with Crippen LogP contribution in [0.2, 0.25) is 0 Å². The smallest absolute Gasteiger partial charge is 0.422 e. The van der Waals surface area contributed by atoms with Crippen molar-refractivity contribution in [3.8, 4) is 16.9 Å². The first kappa shape index (κ1) is 22.6. The molecule has 0 saturated heterocycles. The Morgan fingerprint density at radius 3 is 2.69 bits per heavy atom. The van der Waals surface area contributed by atoms with Gasteiger partial charge in [0, 0.05) is 23.2 Å². The van der Waals surface area contributed by atoms with Gasteiger partial charge in [-0.15, -0.1) is 0 Å². The summed E-state index contributed by atoms with van der Waals surface area (Å²) in [6, 6.07) is 2.82. The zero-order valence-corrected chi connectivity index (χ0v) is 17.7. The Bertz CT molecular complexity index is 1080. The second kappa shape index (κ2) is 7.75. The molecule has 1 aromatic heterocycles. The number of aliphatic hydroxyl groups is 3. The quantitative estimate of drug-likeness (QED) is 0.628. The van der Waals surface area contributed by atoms with Gasteiger partial charge in [-0.2, -0.15) is 18.3 Å². The highest BCUT2D eigenvalue weighted by Gasteiger charge is 2.65. The van der Waals surface area contributed by atoms with Gasteiger partial charge in [-0.3, -0.25) is 4.68 Å². The van der Waals surface area contributed by atoms with E-state index in [1.54, 1.807) is 30.5 Å². The third-order valence-corrected chi connectivity index (χ3v) is 5.77. The lowest BCUT2D eigenvalue weighted by molar-refractivity contribution is -0.277. The third kappa shape index (κ3) is 3.74. The average molecular weight is 450 g/mol. The molecular formula is C23H25F3N2O4. The maximum atomic E-state index is 14.3. The molecule has 0 saturated carbocycles. The van der Waals surface area contributed by atoms with Crippen molar-refractivity contribution < 1.29 is 33.2 Å². The van der Waals surface area contributed by atoms with E-state index in [4.69, 9.17) is 4.74 Å². The van der Waals surface area contributed by atoms with Gasteiger partial charge in [-0.1, -0.05) is 18.2 Å². The van der Waals surface area contributed by atoms with Crippen LogP contribution < -0.4 is 4.74 Å². The van der Waals surface area contributed by atoms with Gasteiger partial charge in [0.1, 0.15) is 12.4 Å². The predicted molar refractivity (Wildman–Crippen MR) is 112 cm³/mol. The van der Waals surface area contributed by atoms with Gasteiger partial charge in [0.2, 0.25) is 0 Å². The number of ether oxygens (including phenoxy) is 1. The Kier molecular flexibility index (Phi) is 5.47. The average Bonchev–Trinajstić information content (AvgIpc) is 3.28. The van der Waals surface area contributed by atoms with Gasteiger partial charge in [-0.25, -0.2) is 0 Å². The van der Waals surface area contributed by atoms with E-state index in [-0.39, 0.29) is 37.5 Å². The minimum Gasteiger partial charge on any atom is -0.491 e. The minimum absolute atomic E-state index is 0.0413. The fourth-order valence-corrected chi connectivity index (χ4v) is 4.35. The number of aromatic nitrogens is 2. The van der Waals surface area contributed by atoms with Gasteiger partial charge in [-0.05, 0) is 49.1 Å². The number of allylic oxidation sites excluding steroid dienone is 3. The van der Waals surface area contributed by atoms with Crippen LogP contribution in [0.3, 0.4) is 0 Å². The first-order valence-corrected chi connectivity index (χ1v) is 10.3. The molecule has 1 aromatic carbocycles. The topological polar surface area (TPSA) is 87.7 Å². The summed E-state index contributed by atoms with van der Waals surface area (Å²) in [5.41, 5.74) is -2.88. The number of alkyl halides is 3. The van der Waals surface area contributed by atoms with E-state index in [0.29, 0.717) is 22.3 Å². The fraction of sp³-hybridized carbons (Fsp3) is 0.435. The maximum absolute atomic E-state index is 14.3. The number of aliphatic hydroxyl groups excluding tert-OH is 1. The van der Waals surface area contributed by atoms with Gasteiger partial charge in [0.25, 0.3) is 0 Å². The number of fused-ring (bicyclic) bond motifs is 3. The van der Waals surface area contributed by atoms with E-state index >= 15 is 0 Å². The minimum atomic E-state index is -4.92. The molecule has 0 amide bonds. The zero-order chi connectivity index (χ0) is 23.3. The molecule has 2 atom stereocenters. The lowest BCUT2D eigenvalue weighted by atomic mass is 9.81. The Morgan fingerprint density at radius 1 is 1.28 bits per heavy atom. The van der Waals surface area contributed by atoms with E-state index in [9.17, 15) is 28.5 Å². The lowest BCUT2D eigenvalue weighted by Crippen LogP contribution is -2.46. The van der Waals surface area contributed by atoms with E-state index in [0.717, 1.165) is 0 Å². The van der Waals surface area contributed by atoms with Crippen molar-refractivity contribution in [2.24, 2.45) is 5.92 Å². The summed E-state index contributed by atoms with van der Waals surface area (Å²) >= 11 is 0. The highest BCUT2D eigenvalue weighted by molar-refractivity contribution is 5.90. The second-order valence-corrected chi connectivity index (χ2v) is 8.81. The molecule has 32 heavy (non-hydrogen) atoms. The molecule has 172 valence electrons. The molecule has 0 fully saturated rings. The largest absolute Gasteiger partial charge is 0.491 e. The molecule has 1 heterocycles. The van der Waals surface area contributed by atoms with Gasteiger partial charge in [0.05, 0.1) is 24.9 Å². The molecule has 0 aliphatic heterocycles. The van der Waals surface area contributed by atoms with Crippen LogP contribution in [0.4, 0.5) is 13.2 Å². The van der Waals surface area contributed by atoms with Crippen LogP contribution >= 0.6 is 0 Å². The summed E-state index contributed by atoms with van der Waals surface area (Å²) in [5, 5.41) is 34.5. The number of hydrogen-bond donors (Lipinski definition) is 3. The van der Waals surface area contributed by atoms with Crippen LogP contribution in [-0.4, -0.2) is 50.1 Å². The normalized spacial score (nSPS) is 22.5. The Hall–Kier alpha value is -2.62. The first-order valence-electron chi connectivity index (χ1n) is 10.3. The van der Waals surface area contributed by atoms with Crippen molar-refractivity contribution >= 4 is 5.57 Å². The summed E-state index contributed by atoms with van der Waals surface area (Å²) in [6.45, 7) is 3.00. The SMILES string of the molecule is CC(C)(O)COc1cc(-c2cnn(CCO)c2)c2c(c1)C(O)(C(F)(F)F)C1CC=CC=C21. The first-order chi connectivity index (χ1) is 15.0. The molecule has 2 aliphatic rings. The molecular weight excluding hydrogens is 425 g/mol. The molecule has 2 unspecified atom stereocenters. The summed E-state index contributed by atoms with van der Waals surface area (Å²) in [4.78, 5) is 0. The van der Waals surface area contributed by atoms with E-state index in [1.807, 2.05) is 0 Å². The van der Waals surface area contributed by atoms with Crippen molar-refractivity contribution in [2.45, 2.75) is 44.2 Å². The van der Waals surface area contributed by atoms with E-state index < -0.39 is 23.3 Å². The van der Waals surface area contributed by atoms with Gasteiger partial charge < -0.3 is 20.1 Å². The van der Waals surface area contributed by atoms with Crippen LogP contribution in [0.5, 0.6) is 5.75 Å². The van der Waals surface area contributed by atoms with Crippen LogP contribution in [0.15, 0.2) is 42.8 Å². The van der Waals surface area contributed by atoms with Gasteiger partial charge >= 0.3 is 6.18 Å². The van der Waals surface area contributed by atoms with E-state index in [1.165, 1.54) is 30.8 Å². The summed E-state index contributed by atoms with van der Waals surface area (Å²) in [5.74, 6) is -1.08. The number of hydrogen-bond acceptors (Lipinski definition) is 5. The Morgan fingerprint density at radius 2 is 2.03 bits per heavy atom. The van der Waals surface area contributed by atoms with E-state index in [2.05, 4.69) is 5.10 Å². The number of benzene rings is 1. The van der Waals surface area contributed by atoms with Crippen molar-refractivity contribution in [2.75, 3.05) is 13.2 Å². The van der Waals surface area contributed by atoms with Crippen molar-refractivity contribution in [1.29, 1.82) is 0 Å². The monoisotopic (exact) mass is 450 g/mol. The molecule has 3 N–H and O–H groups in total. The van der Waals surface area contributed by atoms with Crippen LogP contribution in [0, 0.1) is 5.92 Å². The van der Waals surface area contributed by atoms with Crippen LogP contribution in [0.25, 0.3) is 16.7 Å². The van der Waals surface area contributed by atoms with Crippen molar-refractivity contribution in [3.63, 3.8) is 0 Å². The van der Waals surface area contributed by atoms with Crippen molar-refractivity contribution in [1.82, 2.24) is 9.78 Å². The fourth-order valence-electron chi connectivity index (χ4n) is 4.35. The van der Waals surface area contributed by atoms with Crippen LogP contribution in [-0.2, 0) is 12.1 Å². The molecule has 6 nitrogen and oxygen atoms in total. The maximum Gasteiger partial charge on any atom is 0.422 e. The molecule has 0 radical (unpaired) electrons. The second-order valence-electron chi connectivity index (χ2n) is 8.81. The highest BCUT2D eigenvalue weighted by Crippen LogP contribution is 2.60. The van der Waals surface area contributed by atoms with Crippen LogP contribution in [0.1, 0.15) is 31.4 Å². The molecule has 4 rings (SSSR count). The standard InChI is InChI=1S/C23H25F3N2O4/c1-21(2,30)13-32-15-9-17(14-11-27-28(12-14)7-8-29)20-16-5-3-4-6-18(16)22(31,19(20)10-15)23(24,25)26/h3-5,9-12,18,29-31H,6-8,13H2,1-2H3. The highest BCUT2D eigenvalue weighted by atomic mass is 19.4. The third-order valence-electron chi connectivity index (χ3n) is 5.77. The Labute approximate surface area is 183 Å². The predicted octanol–water partition coefficient (Wildman–Crippen LogP) is 3.42. The lowest BCUT2D eigenvalue weighted by Gasteiger charge is -2.33. The van der Waals surface area contributed by atoms with Crippen molar-refractivity contribution in [3.05, 3.63) is 53.9 Å². The summed E-state index contributed by atoms with van der Waals surface area (Å²) in [6.07, 6.45) is 3.17. The molecule has 9 heteroatoms. The number of rotatable bonds is 6. The molecule has 2 aromatic rings. The molecule has 0 spiro atoms. The Balaban J connectivity index is 1.95. The number of halogens is 3. The number of nitrogens with zero attached hydrogens (tertiary/aromatic N) is 2. The molecule has 0 bridgehead atoms. The summed E-state index contributed by atoms with van der Waals surface area (Å²) < 4.78 is 50.1. The van der Waals surface area contributed by atoms with Gasteiger partial charge in [0.15, 0.2) is 5.60 Å². The summed E-state index contributed by atoms with van der Waals surface area (Å²) in [7, 11) is 0.